The summed E-state index contributed by atoms with van der Waals surface area (Å²) in [7, 11) is 1.65. The van der Waals surface area contributed by atoms with E-state index in [-0.39, 0.29) is 0 Å². The lowest BCUT2D eigenvalue weighted by molar-refractivity contribution is -0.192. The Morgan fingerprint density at radius 3 is 2.49 bits per heavy atom. The van der Waals surface area contributed by atoms with E-state index < -0.39 is 12.1 Å². The normalized spacial score (nSPS) is 11.1. The minimum Gasteiger partial charge on any atom is -0.497 e. The van der Waals surface area contributed by atoms with E-state index in [2.05, 4.69) is 39.7 Å². The fraction of sp³-hybridized carbons (Fsp3) is 0.227. The first-order chi connectivity index (χ1) is 16.6. The van der Waals surface area contributed by atoms with Crippen molar-refractivity contribution in [3.05, 3.63) is 53.7 Å². The molecule has 1 aromatic carbocycles. The lowest BCUT2D eigenvalue weighted by atomic mass is 10.2. The molecule has 3 heterocycles. The van der Waals surface area contributed by atoms with Gasteiger partial charge in [-0.05, 0) is 30.3 Å². The molecule has 13 heteroatoms. The van der Waals surface area contributed by atoms with Gasteiger partial charge >= 0.3 is 12.1 Å². The predicted molar refractivity (Wildman–Crippen MR) is 127 cm³/mol. The second-order valence-corrected chi connectivity index (χ2v) is 8.32. The molecule has 0 amide bonds. The molecule has 4 aromatic rings. The van der Waals surface area contributed by atoms with Gasteiger partial charge in [0, 0.05) is 23.9 Å². The van der Waals surface area contributed by atoms with E-state index in [1.165, 1.54) is 11.3 Å². The van der Waals surface area contributed by atoms with Gasteiger partial charge in [0.2, 0.25) is 5.13 Å². The van der Waals surface area contributed by atoms with Gasteiger partial charge in [0.1, 0.15) is 22.1 Å². The molecule has 0 spiro atoms. The molecule has 35 heavy (non-hydrogen) atoms. The van der Waals surface area contributed by atoms with Crippen molar-refractivity contribution in [1.29, 1.82) is 0 Å². The highest BCUT2D eigenvalue weighted by molar-refractivity contribution is 7.15. The van der Waals surface area contributed by atoms with Gasteiger partial charge in [0.15, 0.2) is 0 Å². The average Bonchev–Trinajstić information content (AvgIpc) is 3.28. The van der Waals surface area contributed by atoms with Crippen molar-refractivity contribution in [2.75, 3.05) is 17.7 Å². The highest BCUT2D eigenvalue weighted by Crippen LogP contribution is 2.29. The summed E-state index contributed by atoms with van der Waals surface area (Å²) >= 11 is 1.53. The molecule has 3 aromatic heterocycles. The van der Waals surface area contributed by atoms with Crippen LogP contribution in [0.2, 0.25) is 0 Å². The number of benzene rings is 1. The van der Waals surface area contributed by atoms with Crippen LogP contribution >= 0.6 is 11.3 Å². The van der Waals surface area contributed by atoms with Crippen LogP contribution in [0.5, 0.6) is 5.75 Å². The number of methoxy groups -OCH3 is 1. The molecule has 0 aliphatic rings. The molecule has 3 N–H and O–H groups in total. The molecule has 184 valence electrons. The summed E-state index contributed by atoms with van der Waals surface area (Å²) in [4.78, 5) is 18.0. The summed E-state index contributed by atoms with van der Waals surface area (Å²) in [6.45, 7) is 4.20. The van der Waals surface area contributed by atoms with E-state index >= 15 is 0 Å². The Kier molecular flexibility index (Phi) is 8.02. The van der Waals surface area contributed by atoms with E-state index in [9.17, 15) is 13.2 Å². The predicted octanol–water partition coefficient (Wildman–Crippen LogP) is 5.73. The number of ether oxygens (including phenoxy) is 1. The van der Waals surface area contributed by atoms with Crippen LogP contribution in [0.25, 0.3) is 11.0 Å². The largest absolute Gasteiger partial charge is 0.497 e. The molecule has 0 radical (unpaired) electrons. The minimum atomic E-state index is -5.08. The lowest BCUT2D eigenvalue weighted by Crippen LogP contribution is -2.21. The quantitative estimate of drug-likeness (QED) is 0.301. The van der Waals surface area contributed by atoms with Crippen LogP contribution < -0.4 is 15.4 Å². The molecule has 4 rings (SSSR count). The molecule has 0 unspecified atom stereocenters. The zero-order valence-electron chi connectivity index (χ0n) is 18.8. The first-order valence-corrected chi connectivity index (χ1v) is 11.0. The number of carboxylic acid groups (broad SMARTS) is 1. The van der Waals surface area contributed by atoms with Crippen LogP contribution in [0.3, 0.4) is 0 Å². The van der Waals surface area contributed by atoms with Gasteiger partial charge in [0.25, 0.3) is 0 Å². The van der Waals surface area contributed by atoms with Gasteiger partial charge in [-0.15, -0.1) is 10.2 Å². The summed E-state index contributed by atoms with van der Waals surface area (Å²) < 4.78 is 37.0. The monoisotopic (exact) mass is 506 g/mol. The Morgan fingerprint density at radius 1 is 1.11 bits per heavy atom. The number of carbonyl (C=O) groups is 1. The number of nitrogens with one attached hydrogen (secondary N) is 2. The van der Waals surface area contributed by atoms with Crippen LogP contribution in [0.15, 0.2) is 48.7 Å². The highest BCUT2D eigenvalue weighted by atomic mass is 32.1. The van der Waals surface area contributed by atoms with Crippen molar-refractivity contribution in [2.24, 2.45) is 0 Å². The number of hydrogen-bond acceptors (Lipinski definition) is 9. The Morgan fingerprint density at radius 2 is 1.86 bits per heavy atom. The molecule has 0 saturated carbocycles. The molecular formula is C22H21F3N6O3S. The number of alkyl halides is 3. The molecule has 0 bridgehead atoms. The Balaban J connectivity index is 0.000000429. The summed E-state index contributed by atoms with van der Waals surface area (Å²) in [6, 6.07) is 13.5. The molecule has 0 saturated heterocycles. The van der Waals surface area contributed by atoms with Gasteiger partial charge in [-0.1, -0.05) is 31.3 Å². The fourth-order valence-electron chi connectivity index (χ4n) is 2.68. The molecule has 9 nitrogen and oxygen atoms in total. The summed E-state index contributed by atoms with van der Waals surface area (Å²) in [5.41, 5.74) is 3.35. The minimum absolute atomic E-state index is 0.348. The Labute approximate surface area is 202 Å². The van der Waals surface area contributed by atoms with Crippen molar-refractivity contribution < 1.29 is 27.8 Å². The van der Waals surface area contributed by atoms with E-state index in [0.29, 0.717) is 11.7 Å². The third-order valence-electron chi connectivity index (χ3n) is 4.34. The van der Waals surface area contributed by atoms with Gasteiger partial charge in [-0.3, -0.25) is 4.98 Å². The van der Waals surface area contributed by atoms with Crippen molar-refractivity contribution in [1.82, 2.24) is 20.2 Å². The maximum atomic E-state index is 10.6. The van der Waals surface area contributed by atoms with Crippen molar-refractivity contribution >= 4 is 50.7 Å². The number of anilines is 4. The molecule has 0 atom stereocenters. The number of hydrogen-bond donors (Lipinski definition) is 3. The molecule has 0 aliphatic heterocycles. The second kappa shape index (κ2) is 11.0. The van der Waals surface area contributed by atoms with Crippen molar-refractivity contribution in [3.63, 3.8) is 0 Å². The number of rotatable bonds is 6. The Hall–Kier alpha value is -4.00. The lowest BCUT2D eigenvalue weighted by Gasteiger charge is -2.11. The second-order valence-electron chi connectivity index (χ2n) is 7.31. The number of carboxylic acids is 1. The standard InChI is InChI=1S/C20H20N6OS.C2HF3O2/c1-12(2)19-25-26-20(28-19)24-17-8-7-15-18(23-17)16(9-10-21-15)22-13-5-4-6-14(11-13)27-3;3-2(4,5)1(6)7/h4-12H,1-3H3,(H,21,22)(H,23,24,26);(H,6,7). The summed E-state index contributed by atoms with van der Waals surface area (Å²) in [5, 5.41) is 23.9. The third-order valence-corrected chi connectivity index (χ3v) is 5.48. The van der Waals surface area contributed by atoms with Gasteiger partial charge in [-0.2, -0.15) is 13.2 Å². The number of aromatic nitrogens is 4. The van der Waals surface area contributed by atoms with Crippen LogP contribution in [-0.4, -0.2) is 44.5 Å². The number of aliphatic carboxylic acids is 1. The molecule has 0 aliphatic carbocycles. The number of pyridine rings is 2. The first kappa shape index (κ1) is 25.6. The van der Waals surface area contributed by atoms with E-state index in [4.69, 9.17) is 19.6 Å². The summed E-state index contributed by atoms with van der Waals surface area (Å²) in [5.74, 6) is -0.926. The van der Waals surface area contributed by atoms with Crippen molar-refractivity contribution in [3.8, 4) is 5.75 Å². The highest BCUT2D eigenvalue weighted by Gasteiger charge is 2.38. The first-order valence-electron chi connectivity index (χ1n) is 10.1. The fourth-order valence-corrected chi connectivity index (χ4v) is 3.43. The van der Waals surface area contributed by atoms with E-state index in [1.807, 2.05) is 42.5 Å². The average molecular weight is 507 g/mol. The van der Waals surface area contributed by atoms with E-state index in [1.54, 1.807) is 13.3 Å². The van der Waals surface area contributed by atoms with Gasteiger partial charge in [0.05, 0.1) is 18.3 Å². The van der Waals surface area contributed by atoms with Gasteiger partial charge < -0.3 is 20.5 Å². The Bertz CT molecular complexity index is 1310. The topological polar surface area (TPSA) is 122 Å². The third kappa shape index (κ3) is 6.99. The van der Waals surface area contributed by atoms with E-state index in [0.717, 1.165) is 38.3 Å². The summed E-state index contributed by atoms with van der Waals surface area (Å²) in [6.07, 6.45) is -3.32. The number of fused-ring (bicyclic) bond motifs is 1. The van der Waals surface area contributed by atoms with Crippen LogP contribution in [0.1, 0.15) is 24.8 Å². The van der Waals surface area contributed by atoms with Crippen LogP contribution in [-0.2, 0) is 4.79 Å². The van der Waals surface area contributed by atoms with Crippen LogP contribution in [0, 0.1) is 0 Å². The van der Waals surface area contributed by atoms with Crippen molar-refractivity contribution in [2.45, 2.75) is 25.9 Å². The van der Waals surface area contributed by atoms with Crippen LogP contribution in [0.4, 0.5) is 35.5 Å². The zero-order chi connectivity index (χ0) is 25.6. The molecule has 0 fully saturated rings. The van der Waals surface area contributed by atoms with Gasteiger partial charge in [-0.25, -0.2) is 9.78 Å². The number of halogens is 3. The molecular weight excluding hydrogens is 485 g/mol. The number of nitrogens with zero attached hydrogens (tertiary/aromatic N) is 4. The maximum absolute atomic E-state index is 10.6. The zero-order valence-corrected chi connectivity index (χ0v) is 19.6. The SMILES string of the molecule is COc1cccc(Nc2ccnc3ccc(Nc4nnc(C(C)C)s4)nc23)c1.O=C(O)C(F)(F)F. The maximum Gasteiger partial charge on any atom is 0.490 e. The smallest absolute Gasteiger partial charge is 0.490 e.